The van der Waals surface area contributed by atoms with Gasteiger partial charge in [-0.15, -0.1) is 10.2 Å². The van der Waals surface area contributed by atoms with Crippen LogP contribution in [0, 0.1) is 0 Å². The fourth-order valence-electron chi connectivity index (χ4n) is 2.88. The Balaban J connectivity index is 1.74. The van der Waals surface area contributed by atoms with Crippen LogP contribution in [0.3, 0.4) is 0 Å². The van der Waals surface area contributed by atoms with E-state index in [1.807, 2.05) is 0 Å². The summed E-state index contributed by atoms with van der Waals surface area (Å²) in [6, 6.07) is 7.45. The lowest BCUT2D eigenvalue weighted by molar-refractivity contribution is -0.136. The van der Waals surface area contributed by atoms with Crippen LogP contribution in [0.1, 0.15) is 11.4 Å². The van der Waals surface area contributed by atoms with Crippen molar-refractivity contribution in [2.45, 2.75) is 12.8 Å². The number of halogens is 4. The summed E-state index contributed by atoms with van der Waals surface area (Å²) in [5.41, 5.74) is -1.40. The number of imidazole rings is 1. The van der Waals surface area contributed by atoms with Gasteiger partial charge in [0.1, 0.15) is 18.7 Å². The first-order valence-corrected chi connectivity index (χ1v) is 9.10. The quantitative estimate of drug-likeness (QED) is 0.460. The molecule has 4 rings (SSSR count). The Kier molecular flexibility index (Phi) is 4.69. The minimum atomic E-state index is -4.60. The second-order valence-corrected chi connectivity index (χ2v) is 7.17. The topological polar surface area (TPSA) is 66.3 Å². The minimum Gasteiger partial charge on any atom is -0.486 e. The molecule has 4 aromatic rings. The Morgan fingerprint density at radius 3 is 2.69 bits per heavy atom. The Bertz CT molecular complexity index is 1260. The van der Waals surface area contributed by atoms with Crippen molar-refractivity contribution in [2.24, 2.45) is 7.05 Å². The zero-order valence-corrected chi connectivity index (χ0v) is 16.5. The van der Waals surface area contributed by atoms with Gasteiger partial charge in [0.15, 0.2) is 5.82 Å². The van der Waals surface area contributed by atoms with Crippen molar-refractivity contribution in [1.29, 1.82) is 0 Å². The molecular weight excluding hydrogens is 455 g/mol. The predicted molar refractivity (Wildman–Crippen MR) is 101 cm³/mol. The van der Waals surface area contributed by atoms with Crippen LogP contribution in [-0.4, -0.2) is 23.7 Å². The molecule has 0 N–H and O–H groups in total. The van der Waals surface area contributed by atoms with E-state index in [2.05, 4.69) is 26.1 Å². The molecule has 0 bridgehead atoms. The maximum Gasteiger partial charge on any atom is 0.418 e. The molecule has 150 valence electrons. The number of aryl methyl sites for hydroxylation is 1. The van der Waals surface area contributed by atoms with Crippen LogP contribution in [-0.2, 0) is 19.8 Å². The fourth-order valence-corrected chi connectivity index (χ4v) is 3.31. The van der Waals surface area contributed by atoms with Crippen molar-refractivity contribution in [3.8, 4) is 11.4 Å². The van der Waals surface area contributed by atoms with Gasteiger partial charge in [0.05, 0.1) is 16.8 Å². The third-order valence-electron chi connectivity index (χ3n) is 4.31. The highest BCUT2D eigenvalue weighted by Crippen LogP contribution is 2.34. The highest BCUT2D eigenvalue weighted by molar-refractivity contribution is 9.10. The lowest BCUT2D eigenvalue weighted by Gasteiger charge is -2.08. The third-order valence-corrected chi connectivity index (χ3v) is 4.74. The van der Waals surface area contributed by atoms with E-state index in [4.69, 9.17) is 4.74 Å². The molecule has 0 spiro atoms. The van der Waals surface area contributed by atoms with E-state index in [-0.39, 0.29) is 16.6 Å². The standard InChI is InChI=1S/C18H13BrF3N5O2/c1-25-10-23-24-16(25)9-29-13-4-2-3-12(6-13)26-8-15-14(18(20,21)22)5-11(19)7-27(15)17(26)28/h2-8,10H,9H2,1H3. The van der Waals surface area contributed by atoms with Gasteiger partial charge in [0.25, 0.3) is 0 Å². The van der Waals surface area contributed by atoms with E-state index in [1.54, 1.807) is 35.9 Å². The monoisotopic (exact) mass is 467 g/mol. The Hall–Kier alpha value is -3.08. The SMILES string of the molecule is Cn1cnnc1COc1cccc(-n2cc3c(C(F)(F)F)cc(Br)cn3c2=O)c1. The van der Waals surface area contributed by atoms with Gasteiger partial charge in [0, 0.05) is 30.0 Å². The molecule has 0 amide bonds. The molecular formula is C18H13BrF3N5O2. The first-order chi connectivity index (χ1) is 13.7. The van der Waals surface area contributed by atoms with E-state index in [9.17, 15) is 18.0 Å². The van der Waals surface area contributed by atoms with E-state index in [0.29, 0.717) is 17.3 Å². The van der Waals surface area contributed by atoms with E-state index < -0.39 is 17.4 Å². The van der Waals surface area contributed by atoms with Gasteiger partial charge in [-0.05, 0) is 34.1 Å². The number of aromatic nitrogens is 5. The predicted octanol–water partition coefficient (Wildman–Crippen LogP) is 3.58. The smallest absolute Gasteiger partial charge is 0.418 e. The maximum absolute atomic E-state index is 13.4. The largest absolute Gasteiger partial charge is 0.486 e. The zero-order chi connectivity index (χ0) is 20.8. The maximum atomic E-state index is 13.4. The molecule has 0 saturated heterocycles. The van der Waals surface area contributed by atoms with Gasteiger partial charge in [-0.25, -0.2) is 4.79 Å². The first-order valence-electron chi connectivity index (χ1n) is 8.30. The van der Waals surface area contributed by atoms with E-state index in [0.717, 1.165) is 15.0 Å². The molecule has 3 heterocycles. The molecule has 0 fully saturated rings. The number of alkyl halides is 3. The first kappa shape index (κ1) is 19.2. The molecule has 7 nitrogen and oxygen atoms in total. The molecule has 0 aliphatic rings. The van der Waals surface area contributed by atoms with Crippen LogP contribution in [0.4, 0.5) is 13.2 Å². The van der Waals surface area contributed by atoms with Gasteiger partial charge in [-0.3, -0.25) is 8.97 Å². The number of rotatable bonds is 4. The lowest BCUT2D eigenvalue weighted by atomic mass is 10.2. The molecule has 11 heteroatoms. The number of nitrogens with zero attached hydrogens (tertiary/aromatic N) is 5. The molecule has 0 saturated carbocycles. The van der Waals surface area contributed by atoms with Crippen molar-refractivity contribution in [1.82, 2.24) is 23.7 Å². The van der Waals surface area contributed by atoms with Gasteiger partial charge < -0.3 is 9.30 Å². The lowest BCUT2D eigenvalue weighted by Crippen LogP contribution is -2.19. The second-order valence-electron chi connectivity index (χ2n) is 6.25. The molecule has 0 radical (unpaired) electrons. The Morgan fingerprint density at radius 2 is 2.00 bits per heavy atom. The van der Waals surface area contributed by atoms with E-state index in [1.165, 1.54) is 18.7 Å². The summed E-state index contributed by atoms with van der Waals surface area (Å²) >= 11 is 3.03. The molecule has 29 heavy (non-hydrogen) atoms. The van der Waals surface area contributed by atoms with Crippen molar-refractivity contribution >= 4 is 21.4 Å². The number of hydrogen-bond donors (Lipinski definition) is 0. The third kappa shape index (κ3) is 3.65. The van der Waals surface area contributed by atoms with Crippen LogP contribution >= 0.6 is 15.9 Å². The van der Waals surface area contributed by atoms with Crippen molar-refractivity contribution in [3.05, 3.63) is 75.4 Å². The highest BCUT2D eigenvalue weighted by atomic mass is 79.9. The molecule has 0 aliphatic heterocycles. The average molecular weight is 468 g/mol. The molecule has 0 atom stereocenters. The number of pyridine rings is 1. The molecule has 0 unspecified atom stereocenters. The number of fused-ring (bicyclic) bond motifs is 1. The summed E-state index contributed by atoms with van der Waals surface area (Å²) < 4.78 is 49.8. The van der Waals surface area contributed by atoms with Crippen LogP contribution in [0.15, 0.2) is 58.3 Å². The second kappa shape index (κ2) is 7.07. The Morgan fingerprint density at radius 1 is 1.21 bits per heavy atom. The summed E-state index contributed by atoms with van der Waals surface area (Å²) in [4.78, 5) is 12.7. The summed E-state index contributed by atoms with van der Waals surface area (Å²) in [7, 11) is 1.78. The van der Waals surface area contributed by atoms with Gasteiger partial charge in [0.2, 0.25) is 0 Å². The van der Waals surface area contributed by atoms with Crippen LogP contribution in [0.25, 0.3) is 11.2 Å². The summed E-state index contributed by atoms with van der Waals surface area (Å²) in [5.74, 6) is 1.03. The zero-order valence-electron chi connectivity index (χ0n) is 14.9. The molecule has 0 aliphatic carbocycles. The van der Waals surface area contributed by atoms with E-state index >= 15 is 0 Å². The number of benzene rings is 1. The minimum absolute atomic E-state index is 0.151. The van der Waals surface area contributed by atoms with Crippen LogP contribution in [0.5, 0.6) is 5.75 Å². The Labute approximate surface area is 170 Å². The summed E-state index contributed by atoms with van der Waals surface area (Å²) in [6.07, 6.45) is -0.594. The molecule has 1 aromatic carbocycles. The summed E-state index contributed by atoms with van der Waals surface area (Å²) in [5, 5.41) is 7.67. The van der Waals surface area contributed by atoms with Gasteiger partial charge in [-0.2, -0.15) is 13.2 Å². The van der Waals surface area contributed by atoms with Crippen molar-refractivity contribution in [3.63, 3.8) is 0 Å². The van der Waals surface area contributed by atoms with Gasteiger partial charge >= 0.3 is 11.9 Å². The number of hydrogen-bond acceptors (Lipinski definition) is 4. The van der Waals surface area contributed by atoms with Crippen LogP contribution in [0.2, 0.25) is 0 Å². The molecule has 3 aromatic heterocycles. The summed E-state index contributed by atoms with van der Waals surface area (Å²) in [6.45, 7) is 0.151. The highest BCUT2D eigenvalue weighted by Gasteiger charge is 2.34. The average Bonchev–Trinajstić information content (AvgIpc) is 3.22. The van der Waals surface area contributed by atoms with Crippen molar-refractivity contribution < 1.29 is 17.9 Å². The van der Waals surface area contributed by atoms with Crippen molar-refractivity contribution in [2.75, 3.05) is 0 Å². The normalized spacial score (nSPS) is 11.9. The fraction of sp³-hybridized carbons (Fsp3) is 0.167. The number of ether oxygens (including phenoxy) is 1. The van der Waals surface area contributed by atoms with Gasteiger partial charge in [-0.1, -0.05) is 6.07 Å². The van der Waals surface area contributed by atoms with Crippen LogP contribution < -0.4 is 10.4 Å².